The maximum Gasteiger partial charge on any atom is 0.251 e. The van der Waals surface area contributed by atoms with Crippen LogP contribution < -0.4 is 19.5 Å². The highest BCUT2D eigenvalue weighted by Crippen LogP contribution is 2.40. The van der Waals surface area contributed by atoms with Gasteiger partial charge in [-0.25, -0.2) is 0 Å². The highest BCUT2D eigenvalue weighted by atomic mass is 16.6. The molecule has 0 spiro atoms. The third kappa shape index (κ3) is 3.41. The lowest BCUT2D eigenvalue weighted by Gasteiger charge is -2.21. The first-order valence-electron chi connectivity index (χ1n) is 7.48. The summed E-state index contributed by atoms with van der Waals surface area (Å²) in [5.41, 5.74) is 0.470. The summed E-state index contributed by atoms with van der Waals surface area (Å²) in [4.78, 5) is 12.4. The van der Waals surface area contributed by atoms with Gasteiger partial charge < -0.3 is 23.9 Å². The second-order valence-electron chi connectivity index (χ2n) is 5.36. The summed E-state index contributed by atoms with van der Waals surface area (Å²) < 4.78 is 21.7. The number of methoxy groups -OCH3 is 1. The number of carbonyl (C=O) groups is 1. The molecular formula is C17H19NO5. The summed E-state index contributed by atoms with van der Waals surface area (Å²) >= 11 is 0. The first-order chi connectivity index (χ1) is 11.2. The van der Waals surface area contributed by atoms with Gasteiger partial charge in [0.05, 0.1) is 13.4 Å². The molecule has 1 aromatic heterocycles. The molecule has 23 heavy (non-hydrogen) atoms. The third-order valence-electron chi connectivity index (χ3n) is 3.56. The highest BCUT2D eigenvalue weighted by Gasteiger charge is 2.21. The summed E-state index contributed by atoms with van der Waals surface area (Å²) in [7, 11) is 1.54. The molecule has 6 nitrogen and oxygen atoms in total. The van der Waals surface area contributed by atoms with Gasteiger partial charge in [0, 0.05) is 18.0 Å². The summed E-state index contributed by atoms with van der Waals surface area (Å²) in [6, 6.07) is 6.98. The molecule has 1 atom stereocenters. The van der Waals surface area contributed by atoms with Crippen LogP contribution in [0.4, 0.5) is 0 Å². The van der Waals surface area contributed by atoms with E-state index in [-0.39, 0.29) is 11.9 Å². The second-order valence-corrected chi connectivity index (χ2v) is 5.36. The SMILES string of the molecule is COc1cc(C(=O)NC(C)Cc2ccco2)cc2c1OCCO2. The molecule has 3 rings (SSSR count). The van der Waals surface area contributed by atoms with Gasteiger partial charge >= 0.3 is 0 Å². The number of carbonyl (C=O) groups excluding carboxylic acids is 1. The molecule has 1 aliphatic heterocycles. The Morgan fingerprint density at radius 1 is 1.35 bits per heavy atom. The van der Waals surface area contributed by atoms with Crippen molar-refractivity contribution in [3.63, 3.8) is 0 Å². The number of fused-ring (bicyclic) bond motifs is 1. The number of hydrogen-bond donors (Lipinski definition) is 1. The van der Waals surface area contributed by atoms with Gasteiger partial charge in [-0.1, -0.05) is 0 Å². The van der Waals surface area contributed by atoms with Crippen LogP contribution in [0.3, 0.4) is 0 Å². The van der Waals surface area contributed by atoms with E-state index in [2.05, 4.69) is 5.32 Å². The molecule has 0 saturated heterocycles. The van der Waals surface area contributed by atoms with Gasteiger partial charge in [0.2, 0.25) is 5.75 Å². The number of ether oxygens (including phenoxy) is 3. The molecule has 0 bridgehead atoms. The van der Waals surface area contributed by atoms with Gasteiger partial charge in [-0.05, 0) is 31.2 Å². The molecule has 0 saturated carbocycles. The molecule has 6 heteroatoms. The van der Waals surface area contributed by atoms with Crippen molar-refractivity contribution in [2.24, 2.45) is 0 Å². The summed E-state index contributed by atoms with van der Waals surface area (Å²) in [5, 5.41) is 2.94. The summed E-state index contributed by atoms with van der Waals surface area (Å²) in [5.74, 6) is 2.20. The van der Waals surface area contributed by atoms with Crippen molar-refractivity contribution in [3.05, 3.63) is 41.9 Å². The zero-order valence-electron chi connectivity index (χ0n) is 13.1. The van der Waals surface area contributed by atoms with E-state index in [0.717, 1.165) is 5.76 Å². The van der Waals surface area contributed by atoms with Crippen molar-refractivity contribution in [1.82, 2.24) is 5.32 Å². The van der Waals surface area contributed by atoms with Crippen molar-refractivity contribution in [3.8, 4) is 17.2 Å². The first kappa shape index (κ1) is 15.3. The van der Waals surface area contributed by atoms with E-state index in [1.807, 2.05) is 19.1 Å². The van der Waals surface area contributed by atoms with Crippen LogP contribution >= 0.6 is 0 Å². The van der Waals surface area contributed by atoms with E-state index >= 15 is 0 Å². The monoisotopic (exact) mass is 317 g/mol. The fourth-order valence-electron chi connectivity index (χ4n) is 2.49. The molecule has 1 N–H and O–H groups in total. The molecule has 0 fully saturated rings. The minimum atomic E-state index is -0.195. The Kier molecular flexibility index (Phi) is 4.41. The highest BCUT2D eigenvalue weighted by molar-refractivity contribution is 5.95. The fourth-order valence-corrected chi connectivity index (χ4v) is 2.49. The molecule has 1 aromatic carbocycles. The number of nitrogens with one attached hydrogen (secondary N) is 1. The summed E-state index contributed by atoms with van der Waals surface area (Å²) in [6.45, 7) is 2.85. The lowest BCUT2D eigenvalue weighted by atomic mass is 10.1. The minimum Gasteiger partial charge on any atom is -0.493 e. The van der Waals surface area contributed by atoms with E-state index < -0.39 is 0 Å². The molecule has 1 amide bonds. The number of hydrogen-bond acceptors (Lipinski definition) is 5. The van der Waals surface area contributed by atoms with E-state index in [1.54, 1.807) is 18.4 Å². The van der Waals surface area contributed by atoms with E-state index in [9.17, 15) is 4.79 Å². The predicted molar refractivity (Wildman–Crippen MR) is 83.3 cm³/mol. The predicted octanol–water partition coefficient (Wildman–Crippen LogP) is 2.42. The van der Waals surface area contributed by atoms with Crippen LogP contribution in [-0.2, 0) is 6.42 Å². The molecular weight excluding hydrogens is 298 g/mol. The first-order valence-corrected chi connectivity index (χ1v) is 7.48. The maximum atomic E-state index is 12.4. The van der Waals surface area contributed by atoms with Crippen molar-refractivity contribution in [1.29, 1.82) is 0 Å². The largest absolute Gasteiger partial charge is 0.493 e. The van der Waals surface area contributed by atoms with Crippen LogP contribution in [0, 0.1) is 0 Å². The smallest absolute Gasteiger partial charge is 0.251 e. The maximum absolute atomic E-state index is 12.4. The Bertz CT molecular complexity index is 663. The average Bonchev–Trinajstić information content (AvgIpc) is 3.06. The van der Waals surface area contributed by atoms with Gasteiger partial charge in [0.1, 0.15) is 19.0 Å². The molecule has 0 radical (unpaired) electrons. The topological polar surface area (TPSA) is 69.9 Å². The number of rotatable bonds is 5. The van der Waals surface area contributed by atoms with Crippen LogP contribution in [-0.4, -0.2) is 32.3 Å². The van der Waals surface area contributed by atoms with Crippen molar-refractivity contribution in [2.45, 2.75) is 19.4 Å². The lowest BCUT2D eigenvalue weighted by molar-refractivity contribution is 0.0937. The van der Waals surface area contributed by atoms with Crippen LogP contribution in [0.15, 0.2) is 34.9 Å². The Labute approximate surface area is 134 Å². The van der Waals surface area contributed by atoms with E-state index in [1.165, 1.54) is 7.11 Å². The average molecular weight is 317 g/mol. The van der Waals surface area contributed by atoms with Crippen molar-refractivity contribution in [2.75, 3.05) is 20.3 Å². The fraction of sp³-hybridized carbons (Fsp3) is 0.353. The van der Waals surface area contributed by atoms with Crippen molar-refractivity contribution < 1.29 is 23.4 Å². The quantitative estimate of drug-likeness (QED) is 0.917. The Hall–Kier alpha value is -2.63. The zero-order chi connectivity index (χ0) is 16.2. The van der Waals surface area contributed by atoms with Gasteiger partial charge in [-0.15, -0.1) is 0 Å². The van der Waals surface area contributed by atoms with E-state index in [4.69, 9.17) is 18.6 Å². The number of furan rings is 1. The summed E-state index contributed by atoms with van der Waals surface area (Å²) in [6.07, 6.45) is 2.25. The molecule has 0 aliphatic carbocycles. The Balaban J connectivity index is 1.74. The van der Waals surface area contributed by atoms with Gasteiger partial charge in [-0.2, -0.15) is 0 Å². The van der Waals surface area contributed by atoms with Gasteiger partial charge in [-0.3, -0.25) is 4.79 Å². The lowest BCUT2D eigenvalue weighted by Crippen LogP contribution is -2.34. The minimum absolute atomic E-state index is 0.0622. The Morgan fingerprint density at radius 3 is 2.91 bits per heavy atom. The molecule has 2 heterocycles. The van der Waals surface area contributed by atoms with Crippen LogP contribution in [0.5, 0.6) is 17.2 Å². The third-order valence-corrected chi connectivity index (χ3v) is 3.56. The Morgan fingerprint density at radius 2 is 2.17 bits per heavy atom. The zero-order valence-corrected chi connectivity index (χ0v) is 13.1. The van der Waals surface area contributed by atoms with E-state index in [0.29, 0.717) is 42.4 Å². The second kappa shape index (κ2) is 6.64. The van der Waals surface area contributed by atoms with Crippen LogP contribution in [0.25, 0.3) is 0 Å². The molecule has 1 aliphatic rings. The molecule has 122 valence electrons. The van der Waals surface area contributed by atoms with Gasteiger partial charge in [0.15, 0.2) is 11.5 Å². The van der Waals surface area contributed by atoms with Crippen LogP contribution in [0.1, 0.15) is 23.0 Å². The standard InChI is InChI=1S/C17H19NO5/c1-11(8-13-4-3-5-21-13)18-17(19)12-9-14(20-2)16-15(10-12)22-6-7-23-16/h3-5,9-11H,6-8H2,1-2H3,(H,18,19). The van der Waals surface area contributed by atoms with Gasteiger partial charge in [0.25, 0.3) is 5.91 Å². The van der Waals surface area contributed by atoms with Crippen molar-refractivity contribution >= 4 is 5.91 Å². The molecule has 2 aromatic rings. The normalized spacial score (nSPS) is 14.2. The van der Waals surface area contributed by atoms with Crippen LogP contribution in [0.2, 0.25) is 0 Å². The molecule has 1 unspecified atom stereocenters. The number of benzene rings is 1. The number of amides is 1.